The molecule has 0 fully saturated rings. The van der Waals surface area contributed by atoms with Gasteiger partial charge in [-0.25, -0.2) is 0 Å². The third kappa shape index (κ3) is 4.92. The Labute approximate surface area is 328 Å². The Balaban J connectivity index is 1.15. The number of aromatic nitrogens is 1. The summed E-state index contributed by atoms with van der Waals surface area (Å²) in [5, 5.41) is 12.0. The fourth-order valence-corrected chi connectivity index (χ4v) is 9.11. The number of hydrogen-bond acceptors (Lipinski definition) is 2. The second-order valence-corrected chi connectivity index (χ2v) is 14.9. The molecule has 0 saturated heterocycles. The number of fused-ring (bicyclic) bond motifs is 11. The number of nitrogens with zero attached hydrogens (tertiary/aromatic N) is 2. The molecular formula is C54H34N2O. The molecule has 12 rings (SSSR count). The van der Waals surface area contributed by atoms with Crippen molar-refractivity contribution in [1.82, 2.24) is 4.57 Å². The molecule has 3 nitrogen and oxygen atoms in total. The lowest BCUT2D eigenvalue weighted by atomic mass is 10.0. The Morgan fingerprint density at radius 2 is 1.02 bits per heavy atom. The van der Waals surface area contributed by atoms with Crippen molar-refractivity contribution in [2.75, 3.05) is 4.90 Å². The highest BCUT2D eigenvalue weighted by molar-refractivity contribution is 6.23. The number of benzene rings is 10. The van der Waals surface area contributed by atoms with E-state index in [0.717, 1.165) is 50.2 Å². The smallest absolute Gasteiger partial charge is 0.137 e. The van der Waals surface area contributed by atoms with Crippen LogP contribution in [0.25, 0.3) is 92.9 Å². The van der Waals surface area contributed by atoms with Crippen LogP contribution in [-0.2, 0) is 0 Å². The summed E-state index contributed by atoms with van der Waals surface area (Å²) in [5.41, 5.74) is 10.8. The number of anilines is 3. The highest BCUT2D eigenvalue weighted by Crippen LogP contribution is 2.47. The van der Waals surface area contributed by atoms with Gasteiger partial charge in [0.15, 0.2) is 0 Å². The third-order valence-electron chi connectivity index (χ3n) is 11.7. The number of furan rings is 1. The number of rotatable bonds is 5. The first-order chi connectivity index (χ1) is 28.3. The summed E-state index contributed by atoms with van der Waals surface area (Å²) in [4.78, 5) is 2.40. The van der Waals surface area contributed by atoms with E-state index in [1.54, 1.807) is 0 Å². The molecule has 10 aromatic carbocycles. The zero-order valence-corrected chi connectivity index (χ0v) is 30.9. The van der Waals surface area contributed by atoms with E-state index in [1.165, 1.54) is 59.7 Å². The van der Waals surface area contributed by atoms with Crippen LogP contribution in [0.4, 0.5) is 17.1 Å². The van der Waals surface area contributed by atoms with E-state index in [1.807, 2.05) is 0 Å². The summed E-state index contributed by atoms with van der Waals surface area (Å²) in [6, 6.07) is 74.5. The lowest BCUT2D eigenvalue weighted by Crippen LogP contribution is -2.10. The molecule has 0 amide bonds. The molecule has 0 radical (unpaired) electrons. The van der Waals surface area contributed by atoms with Gasteiger partial charge >= 0.3 is 0 Å². The maximum Gasteiger partial charge on any atom is 0.137 e. The van der Waals surface area contributed by atoms with Crippen LogP contribution in [0.1, 0.15) is 0 Å². The van der Waals surface area contributed by atoms with Gasteiger partial charge in [0.2, 0.25) is 0 Å². The van der Waals surface area contributed by atoms with Gasteiger partial charge in [-0.15, -0.1) is 0 Å². The van der Waals surface area contributed by atoms with Crippen LogP contribution in [0.5, 0.6) is 0 Å². The third-order valence-corrected chi connectivity index (χ3v) is 11.7. The van der Waals surface area contributed by atoms with E-state index in [0.29, 0.717) is 0 Å². The van der Waals surface area contributed by atoms with Crippen LogP contribution in [0, 0.1) is 0 Å². The normalized spacial score (nSPS) is 11.9. The van der Waals surface area contributed by atoms with Crippen LogP contribution in [0.3, 0.4) is 0 Å². The van der Waals surface area contributed by atoms with E-state index >= 15 is 0 Å². The zero-order chi connectivity index (χ0) is 37.5. The van der Waals surface area contributed by atoms with Crippen LogP contribution in [0.15, 0.2) is 211 Å². The van der Waals surface area contributed by atoms with Crippen molar-refractivity contribution in [3.63, 3.8) is 0 Å². The molecule has 0 aliphatic heterocycles. The fourth-order valence-electron chi connectivity index (χ4n) is 9.11. The molecule has 0 aliphatic rings. The summed E-state index contributed by atoms with van der Waals surface area (Å²) < 4.78 is 9.14. The maximum absolute atomic E-state index is 6.67. The quantitative estimate of drug-likeness (QED) is 0.176. The summed E-state index contributed by atoms with van der Waals surface area (Å²) in [5.74, 6) is 0. The largest absolute Gasteiger partial charge is 0.456 e. The van der Waals surface area contributed by atoms with Gasteiger partial charge in [-0.05, 0) is 92.7 Å². The number of hydrogen-bond donors (Lipinski definition) is 0. The Morgan fingerprint density at radius 1 is 0.368 bits per heavy atom. The van der Waals surface area contributed by atoms with Gasteiger partial charge < -0.3 is 13.9 Å². The molecule has 0 atom stereocenters. The summed E-state index contributed by atoms with van der Waals surface area (Å²) in [6.07, 6.45) is 0. The molecule has 0 spiro atoms. The fraction of sp³-hybridized carbons (Fsp3) is 0. The van der Waals surface area contributed by atoms with Crippen LogP contribution in [0.2, 0.25) is 0 Å². The molecule has 2 heterocycles. The Bertz CT molecular complexity index is 3520. The van der Waals surface area contributed by atoms with Crippen molar-refractivity contribution in [2.24, 2.45) is 0 Å². The van der Waals surface area contributed by atoms with E-state index < -0.39 is 0 Å². The highest BCUT2D eigenvalue weighted by Gasteiger charge is 2.23. The average molecular weight is 727 g/mol. The van der Waals surface area contributed by atoms with E-state index in [-0.39, 0.29) is 0 Å². The molecule has 266 valence electrons. The minimum atomic E-state index is 0.863. The molecule has 0 bridgehead atoms. The minimum absolute atomic E-state index is 0.863. The second kappa shape index (κ2) is 12.5. The van der Waals surface area contributed by atoms with Crippen molar-refractivity contribution >= 4 is 93.1 Å². The maximum atomic E-state index is 6.67. The van der Waals surface area contributed by atoms with Crippen molar-refractivity contribution in [3.05, 3.63) is 206 Å². The molecule has 0 saturated carbocycles. The van der Waals surface area contributed by atoms with Crippen molar-refractivity contribution < 1.29 is 4.42 Å². The first-order valence-electron chi connectivity index (χ1n) is 19.5. The molecule has 0 unspecified atom stereocenters. The Kier molecular flexibility index (Phi) is 6.93. The standard InChI is InChI=1S/C54H34N2O/c1-2-11-35(12-3-1)37-21-26-41(27-22-37)55(43-29-31-46-51(34-43)57-50-32-25-38-14-6-8-17-44(38)52(46)50)48-19-10-20-49-53(48)47-30-24-39-15-7-9-18-45(39)54(47)56(49)42-28-23-36-13-4-5-16-40(36)33-42/h1-34H. The van der Waals surface area contributed by atoms with Gasteiger partial charge in [-0.3, -0.25) is 0 Å². The molecular weight excluding hydrogens is 693 g/mol. The Morgan fingerprint density at radius 3 is 1.86 bits per heavy atom. The summed E-state index contributed by atoms with van der Waals surface area (Å²) in [6.45, 7) is 0. The van der Waals surface area contributed by atoms with Gasteiger partial charge in [0, 0.05) is 50.1 Å². The Hall–Kier alpha value is -7.62. The minimum Gasteiger partial charge on any atom is -0.456 e. The van der Waals surface area contributed by atoms with Crippen molar-refractivity contribution in [2.45, 2.75) is 0 Å². The van der Waals surface area contributed by atoms with E-state index in [9.17, 15) is 0 Å². The molecule has 0 aliphatic carbocycles. The van der Waals surface area contributed by atoms with E-state index in [2.05, 4.69) is 216 Å². The van der Waals surface area contributed by atoms with Crippen LogP contribution < -0.4 is 4.90 Å². The van der Waals surface area contributed by atoms with E-state index in [4.69, 9.17) is 4.42 Å². The van der Waals surface area contributed by atoms with Gasteiger partial charge in [-0.1, -0.05) is 146 Å². The first-order valence-corrected chi connectivity index (χ1v) is 19.5. The molecule has 2 aromatic heterocycles. The molecule has 57 heavy (non-hydrogen) atoms. The first kappa shape index (κ1) is 31.7. The SMILES string of the molecule is c1ccc(-c2ccc(N(c3ccc4c(c3)oc3ccc5ccccc5c34)c3cccc4c3c3ccc5ccccc5c3n4-c3ccc4ccccc4c3)cc2)cc1. The van der Waals surface area contributed by atoms with Gasteiger partial charge in [0.1, 0.15) is 11.2 Å². The monoisotopic (exact) mass is 726 g/mol. The molecule has 0 N–H and O–H groups in total. The lowest BCUT2D eigenvalue weighted by Gasteiger charge is -2.27. The highest BCUT2D eigenvalue weighted by atomic mass is 16.3. The van der Waals surface area contributed by atoms with Crippen LogP contribution >= 0.6 is 0 Å². The van der Waals surface area contributed by atoms with Gasteiger partial charge in [0.25, 0.3) is 0 Å². The lowest BCUT2D eigenvalue weighted by molar-refractivity contribution is 0.669. The van der Waals surface area contributed by atoms with Crippen molar-refractivity contribution in [3.8, 4) is 16.8 Å². The zero-order valence-electron chi connectivity index (χ0n) is 30.9. The van der Waals surface area contributed by atoms with Gasteiger partial charge in [-0.2, -0.15) is 0 Å². The average Bonchev–Trinajstić information content (AvgIpc) is 3.83. The predicted octanol–water partition coefficient (Wildman–Crippen LogP) is 15.3. The molecule has 3 heteroatoms. The van der Waals surface area contributed by atoms with Crippen molar-refractivity contribution in [1.29, 1.82) is 0 Å². The second-order valence-electron chi connectivity index (χ2n) is 14.9. The summed E-state index contributed by atoms with van der Waals surface area (Å²) in [7, 11) is 0. The topological polar surface area (TPSA) is 21.3 Å². The predicted molar refractivity (Wildman–Crippen MR) is 241 cm³/mol. The summed E-state index contributed by atoms with van der Waals surface area (Å²) >= 11 is 0. The molecule has 12 aromatic rings. The van der Waals surface area contributed by atoms with Crippen LogP contribution in [-0.4, -0.2) is 4.57 Å². The van der Waals surface area contributed by atoms with Gasteiger partial charge in [0.05, 0.1) is 16.7 Å².